The molecule has 0 radical (unpaired) electrons. The standard InChI is InChI=1S/C46H52F3N5O7/c1-7-28-24-44(28,41(58)53-45(59,26-55)43(5)18-19-43)52-39(56)36-22-32(25-54(36)40(57)38(42(2,3)4)50-30-15-11-14-29(20-30)46(47,48)49)61-37-23-34(27-12-9-8-10-13-27)51-35-21-31(60-6)16-17-33(35)37/h8-17,20-21,23,26,28,32,36,38,50,59H,7,18-19,22,24-25H2,1-6H3,(H,52,56)(H,53,58)/t28-,32-,36+,38-,44-,45?/m1/s1. The summed E-state index contributed by atoms with van der Waals surface area (Å²) in [6.07, 6.45) is -3.29. The summed E-state index contributed by atoms with van der Waals surface area (Å²) in [5.74, 6) is -1.23. The van der Waals surface area contributed by atoms with E-state index in [9.17, 15) is 37.5 Å². The summed E-state index contributed by atoms with van der Waals surface area (Å²) in [5.41, 5.74) is -4.14. The monoisotopic (exact) mass is 843 g/mol. The molecule has 2 saturated carbocycles. The van der Waals surface area contributed by atoms with Crippen molar-refractivity contribution in [3.63, 3.8) is 0 Å². The zero-order chi connectivity index (χ0) is 44.1. The van der Waals surface area contributed by atoms with Gasteiger partial charge in [0, 0.05) is 40.6 Å². The molecule has 3 aliphatic rings. The Balaban J connectivity index is 1.24. The summed E-state index contributed by atoms with van der Waals surface area (Å²) < 4.78 is 53.5. The number of methoxy groups -OCH3 is 1. The Hall–Kier alpha value is -5.70. The number of anilines is 1. The molecular weight excluding hydrogens is 792 g/mol. The van der Waals surface area contributed by atoms with Crippen LogP contribution < -0.4 is 25.4 Å². The van der Waals surface area contributed by atoms with Crippen molar-refractivity contribution in [2.75, 3.05) is 19.0 Å². The third-order valence-corrected chi connectivity index (χ3v) is 12.5. The van der Waals surface area contributed by atoms with Gasteiger partial charge >= 0.3 is 6.18 Å². The summed E-state index contributed by atoms with van der Waals surface area (Å²) in [4.78, 5) is 62.0. The van der Waals surface area contributed by atoms with Crippen LogP contribution in [0, 0.1) is 16.7 Å². The first-order chi connectivity index (χ1) is 28.7. The second kappa shape index (κ2) is 16.0. The smallest absolute Gasteiger partial charge is 0.416 e. The molecule has 6 atom stereocenters. The van der Waals surface area contributed by atoms with Gasteiger partial charge in [0.1, 0.15) is 35.2 Å². The van der Waals surface area contributed by atoms with Crippen LogP contribution in [0.5, 0.6) is 11.5 Å². The van der Waals surface area contributed by atoms with Crippen LogP contribution in [0.2, 0.25) is 0 Å². The molecule has 4 aromatic rings. The molecule has 0 bridgehead atoms. The molecule has 2 aliphatic carbocycles. The highest BCUT2D eigenvalue weighted by Crippen LogP contribution is 2.53. The van der Waals surface area contributed by atoms with Crippen LogP contribution in [0.25, 0.3) is 22.2 Å². The normalized spacial score (nSPS) is 23.3. The van der Waals surface area contributed by atoms with Gasteiger partial charge in [0.25, 0.3) is 0 Å². The number of fused-ring (bicyclic) bond motifs is 1. The van der Waals surface area contributed by atoms with Crippen molar-refractivity contribution in [3.8, 4) is 22.8 Å². The minimum Gasteiger partial charge on any atom is -0.497 e. The van der Waals surface area contributed by atoms with E-state index in [1.54, 1.807) is 53.0 Å². The molecule has 2 heterocycles. The van der Waals surface area contributed by atoms with Gasteiger partial charge in [-0.1, -0.05) is 77.4 Å². The summed E-state index contributed by atoms with van der Waals surface area (Å²) in [7, 11) is 1.55. The fraction of sp³-hybridized carbons (Fsp3) is 0.457. The number of rotatable bonds is 14. The van der Waals surface area contributed by atoms with Crippen molar-refractivity contribution in [3.05, 3.63) is 84.4 Å². The third kappa shape index (κ3) is 8.62. The summed E-state index contributed by atoms with van der Waals surface area (Å²) in [5, 5.41) is 20.4. The van der Waals surface area contributed by atoms with Crippen LogP contribution >= 0.6 is 0 Å². The van der Waals surface area contributed by atoms with Crippen LogP contribution in [-0.2, 0) is 25.4 Å². The van der Waals surface area contributed by atoms with Crippen LogP contribution in [0.1, 0.15) is 72.3 Å². The maximum atomic E-state index is 14.9. The molecule has 1 unspecified atom stereocenters. The number of aliphatic hydroxyl groups is 1. The molecular formula is C46H52F3N5O7. The predicted octanol–water partition coefficient (Wildman–Crippen LogP) is 6.89. The van der Waals surface area contributed by atoms with E-state index >= 15 is 0 Å². The molecule has 12 nitrogen and oxygen atoms in total. The van der Waals surface area contributed by atoms with E-state index in [1.165, 1.54) is 17.0 Å². The Morgan fingerprint density at radius 2 is 1.74 bits per heavy atom. The second-order valence-electron chi connectivity index (χ2n) is 17.9. The van der Waals surface area contributed by atoms with E-state index in [4.69, 9.17) is 14.5 Å². The molecule has 0 spiro atoms. The van der Waals surface area contributed by atoms with Crippen LogP contribution in [-0.4, -0.2) is 82.1 Å². The number of carbonyl (C=O) groups excluding carboxylic acids is 4. The molecule has 1 aromatic heterocycles. The Morgan fingerprint density at radius 3 is 2.34 bits per heavy atom. The molecule has 15 heteroatoms. The maximum absolute atomic E-state index is 14.9. The lowest BCUT2D eigenvalue weighted by Gasteiger charge is -2.36. The highest BCUT2D eigenvalue weighted by Gasteiger charge is 2.64. The Labute approximate surface area is 352 Å². The number of benzene rings is 3. The molecule has 3 amide bonds. The fourth-order valence-electron chi connectivity index (χ4n) is 8.27. The number of nitrogens with zero attached hydrogens (tertiary/aromatic N) is 2. The summed E-state index contributed by atoms with van der Waals surface area (Å²) >= 11 is 0. The molecule has 3 fully saturated rings. The van der Waals surface area contributed by atoms with Crippen LogP contribution in [0.4, 0.5) is 18.9 Å². The van der Waals surface area contributed by atoms with Crippen LogP contribution in [0.3, 0.4) is 0 Å². The number of ether oxygens (including phenoxy) is 2. The van der Waals surface area contributed by atoms with Crippen LogP contribution in [0.15, 0.2) is 78.9 Å². The van der Waals surface area contributed by atoms with Gasteiger partial charge < -0.3 is 35.4 Å². The number of hydrogen-bond donors (Lipinski definition) is 4. The highest BCUT2D eigenvalue weighted by atomic mass is 19.4. The number of alkyl halides is 3. The maximum Gasteiger partial charge on any atom is 0.416 e. The van der Waals surface area contributed by atoms with E-state index < -0.39 is 69.7 Å². The zero-order valence-electron chi connectivity index (χ0n) is 35.1. The first-order valence-electron chi connectivity index (χ1n) is 20.5. The van der Waals surface area contributed by atoms with E-state index in [-0.39, 0.29) is 31.0 Å². The Kier molecular flexibility index (Phi) is 11.4. The van der Waals surface area contributed by atoms with Gasteiger partial charge in [0.15, 0.2) is 12.0 Å². The minimum absolute atomic E-state index is 0.0104. The van der Waals surface area contributed by atoms with E-state index in [2.05, 4.69) is 16.0 Å². The van der Waals surface area contributed by atoms with Gasteiger partial charge in [-0.3, -0.25) is 19.2 Å². The molecule has 1 saturated heterocycles. The first kappa shape index (κ1) is 43.4. The Bertz CT molecular complexity index is 2330. The molecule has 1 aliphatic heterocycles. The Morgan fingerprint density at radius 1 is 1.02 bits per heavy atom. The number of nitrogens with one attached hydrogen (secondary N) is 3. The average molecular weight is 844 g/mol. The van der Waals surface area contributed by atoms with Crippen molar-refractivity contribution in [2.45, 2.75) is 102 Å². The summed E-state index contributed by atoms with van der Waals surface area (Å²) in [6, 6.07) is 18.9. The van der Waals surface area contributed by atoms with E-state index in [1.807, 2.05) is 43.3 Å². The lowest BCUT2D eigenvalue weighted by Crippen LogP contribution is -2.63. The second-order valence-corrected chi connectivity index (χ2v) is 17.9. The van der Waals surface area contributed by atoms with Crippen molar-refractivity contribution >= 4 is 40.6 Å². The fourth-order valence-corrected chi connectivity index (χ4v) is 8.27. The average Bonchev–Trinajstić information content (AvgIpc) is 4.12. The number of amides is 3. The van der Waals surface area contributed by atoms with Crippen molar-refractivity contribution < 1.29 is 46.9 Å². The zero-order valence-corrected chi connectivity index (χ0v) is 35.1. The van der Waals surface area contributed by atoms with E-state index in [0.717, 1.165) is 17.7 Å². The van der Waals surface area contributed by atoms with Crippen molar-refractivity contribution in [1.82, 2.24) is 20.5 Å². The number of hydrogen-bond acceptors (Lipinski definition) is 9. The van der Waals surface area contributed by atoms with Gasteiger partial charge in [-0.15, -0.1) is 0 Å². The topological polar surface area (TPSA) is 159 Å². The van der Waals surface area contributed by atoms with Gasteiger partial charge in [-0.05, 0) is 60.9 Å². The first-order valence-corrected chi connectivity index (χ1v) is 20.5. The number of carbonyl (C=O) groups is 4. The lowest BCUT2D eigenvalue weighted by atomic mass is 9.85. The molecule has 4 N–H and O–H groups in total. The quantitative estimate of drug-likeness (QED) is 0.0784. The van der Waals surface area contributed by atoms with Gasteiger partial charge in [-0.2, -0.15) is 13.2 Å². The molecule has 324 valence electrons. The number of pyridine rings is 1. The minimum atomic E-state index is -4.62. The van der Waals surface area contributed by atoms with Gasteiger partial charge in [-0.25, -0.2) is 4.98 Å². The number of aldehydes is 1. The SMILES string of the molecule is CC[C@@H]1C[C@]1(NC(=O)[C@@H]1C[C@@H](Oc2cc(-c3ccccc3)nc3cc(OC)ccc23)CN1C(=O)[C@@H](Nc1cccc(C(F)(F)F)c1)C(C)(C)C)C(=O)NC(O)(C=O)C1(C)CC1. The van der Waals surface area contributed by atoms with Gasteiger partial charge in [0.05, 0.1) is 30.4 Å². The number of halogens is 3. The predicted molar refractivity (Wildman–Crippen MR) is 222 cm³/mol. The highest BCUT2D eigenvalue weighted by molar-refractivity contribution is 5.99. The van der Waals surface area contributed by atoms with Crippen molar-refractivity contribution in [1.29, 1.82) is 0 Å². The molecule has 61 heavy (non-hydrogen) atoms. The molecule has 3 aromatic carbocycles. The third-order valence-electron chi connectivity index (χ3n) is 12.5. The van der Waals surface area contributed by atoms with E-state index in [0.29, 0.717) is 53.6 Å². The largest absolute Gasteiger partial charge is 0.497 e. The van der Waals surface area contributed by atoms with Crippen molar-refractivity contribution in [2.24, 2.45) is 16.7 Å². The molecule has 7 rings (SSSR count). The van der Waals surface area contributed by atoms with Gasteiger partial charge in [0.2, 0.25) is 17.7 Å². The summed E-state index contributed by atoms with van der Waals surface area (Å²) in [6.45, 7) is 8.77. The number of aromatic nitrogens is 1. The lowest BCUT2D eigenvalue weighted by molar-refractivity contribution is -0.149. The number of likely N-dealkylation sites (tertiary alicyclic amines) is 1.